The van der Waals surface area contributed by atoms with E-state index in [0.29, 0.717) is 25.3 Å². The van der Waals surface area contributed by atoms with Crippen LogP contribution in [0.3, 0.4) is 0 Å². The first kappa shape index (κ1) is 26.0. The summed E-state index contributed by atoms with van der Waals surface area (Å²) >= 11 is 5.88. The summed E-state index contributed by atoms with van der Waals surface area (Å²) in [6.07, 6.45) is -4.88. The van der Waals surface area contributed by atoms with E-state index in [2.05, 4.69) is 0 Å². The van der Waals surface area contributed by atoms with Crippen molar-refractivity contribution in [3.05, 3.63) is 76.2 Å². The molecule has 2 aromatic carbocycles. The summed E-state index contributed by atoms with van der Waals surface area (Å²) in [6, 6.07) is 12.1. The highest BCUT2D eigenvalue weighted by molar-refractivity contribution is 6.30. The first-order valence-corrected chi connectivity index (χ1v) is 11.7. The van der Waals surface area contributed by atoms with Crippen LogP contribution in [0.25, 0.3) is 11.1 Å². The molecule has 1 amide bonds. The predicted molar refractivity (Wildman–Crippen MR) is 128 cm³/mol. The summed E-state index contributed by atoms with van der Waals surface area (Å²) in [5.74, 6) is -1.12. The highest BCUT2D eigenvalue weighted by Gasteiger charge is 2.41. The minimum absolute atomic E-state index is 0.0886. The SMILES string of the molecule is Cc1c(-c2ccc(Cl)cc2F)c(OC(=O)N(C)CC2CCOC2)n(Cc2ccccc2)c1C(F)(F)F. The molecule has 1 aromatic heterocycles. The van der Waals surface area contributed by atoms with E-state index in [9.17, 15) is 22.4 Å². The van der Waals surface area contributed by atoms with Crippen molar-refractivity contribution >= 4 is 17.7 Å². The normalized spacial score (nSPS) is 15.8. The molecule has 0 aliphatic carbocycles. The Bertz CT molecular complexity index is 1240. The largest absolute Gasteiger partial charge is 0.431 e. The molecular weight excluding hydrogens is 500 g/mol. The third-order valence-corrected chi connectivity index (χ3v) is 6.40. The molecule has 0 saturated carbocycles. The maximum absolute atomic E-state index is 15.0. The molecule has 0 N–H and O–H groups in total. The van der Waals surface area contributed by atoms with Crippen molar-refractivity contribution in [3.63, 3.8) is 0 Å². The van der Waals surface area contributed by atoms with Gasteiger partial charge in [-0.1, -0.05) is 41.9 Å². The first-order chi connectivity index (χ1) is 17.1. The Morgan fingerprint density at radius 2 is 1.94 bits per heavy atom. The van der Waals surface area contributed by atoms with Gasteiger partial charge in [-0.25, -0.2) is 9.18 Å². The Hall–Kier alpha value is -3.04. The fraction of sp³-hybridized carbons (Fsp3) is 0.346. The van der Waals surface area contributed by atoms with Crippen molar-refractivity contribution < 1.29 is 31.8 Å². The van der Waals surface area contributed by atoms with Crippen molar-refractivity contribution in [3.8, 4) is 17.0 Å². The van der Waals surface area contributed by atoms with Gasteiger partial charge >= 0.3 is 12.3 Å². The third-order valence-electron chi connectivity index (χ3n) is 6.16. The molecule has 1 fully saturated rings. The number of alkyl halides is 3. The van der Waals surface area contributed by atoms with Gasteiger partial charge in [0.25, 0.3) is 0 Å². The molecule has 0 bridgehead atoms. The Morgan fingerprint density at radius 1 is 1.22 bits per heavy atom. The first-order valence-electron chi connectivity index (χ1n) is 11.4. The van der Waals surface area contributed by atoms with E-state index < -0.39 is 23.8 Å². The van der Waals surface area contributed by atoms with Crippen molar-refractivity contribution in [1.29, 1.82) is 0 Å². The van der Waals surface area contributed by atoms with Gasteiger partial charge in [-0.3, -0.25) is 0 Å². The van der Waals surface area contributed by atoms with Crippen LogP contribution in [-0.4, -0.2) is 42.4 Å². The summed E-state index contributed by atoms with van der Waals surface area (Å²) in [4.78, 5) is 14.3. The minimum atomic E-state index is -4.80. The lowest BCUT2D eigenvalue weighted by molar-refractivity contribution is -0.144. The lowest BCUT2D eigenvalue weighted by atomic mass is 10.0. The third kappa shape index (κ3) is 5.52. The smallest absolute Gasteiger partial charge is 0.392 e. The number of nitrogens with zero attached hydrogens (tertiary/aromatic N) is 2. The number of rotatable bonds is 6. The molecule has 1 atom stereocenters. The van der Waals surface area contributed by atoms with E-state index in [4.69, 9.17) is 21.1 Å². The van der Waals surface area contributed by atoms with E-state index >= 15 is 0 Å². The molecule has 192 valence electrons. The second-order valence-electron chi connectivity index (χ2n) is 8.83. The van der Waals surface area contributed by atoms with Crippen LogP contribution in [0.5, 0.6) is 5.88 Å². The van der Waals surface area contributed by atoms with Crippen LogP contribution in [0.2, 0.25) is 5.02 Å². The topological polar surface area (TPSA) is 43.7 Å². The summed E-state index contributed by atoms with van der Waals surface area (Å²) < 4.78 is 69.9. The molecule has 5 nitrogen and oxygen atoms in total. The predicted octanol–water partition coefficient (Wildman–Crippen LogP) is 6.79. The van der Waals surface area contributed by atoms with Crippen molar-refractivity contribution in [2.75, 3.05) is 26.8 Å². The maximum atomic E-state index is 15.0. The van der Waals surface area contributed by atoms with E-state index in [1.807, 2.05) is 0 Å². The zero-order valence-electron chi connectivity index (χ0n) is 19.7. The van der Waals surface area contributed by atoms with Gasteiger partial charge in [0.1, 0.15) is 11.5 Å². The van der Waals surface area contributed by atoms with E-state index in [-0.39, 0.29) is 40.1 Å². The van der Waals surface area contributed by atoms with Crippen LogP contribution < -0.4 is 4.74 Å². The number of hydrogen-bond donors (Lipinski definition) is 0. The molecule has 0 spiro atoms. The zero-order valence-corrected chi connectivity index (χ0v) is 20.5. The number of halogens is 5. The van der Waals surface area contributed by atoms with Gasteiger partial charge in [0, 0.05) is 36.7 Å². The monoisotopic (exact) mass is 524 g/mol. The lowest BCUT2D eigenvalue weighted by Gasteiger charge is -2.21. The molecule has 36 heavy (non-hydrogen) atoms. The van der Waals surface area contributed by atoms with Crippen molar-refractivity contribution in [2.45, 2.75) is 26.1 Å². The standard InChI is InChI=1S/C26H25ClF4N2O3/c1-16-22(20-9-8-19(27)12-21(20)28)24(36-25(34)32(2)13-18-10-11-35-15-18)33(23(16)26(29,30)31)14-17-6-4-3-5-7-17/h3-9,12,18H,10-11,13-15H2,1-2H3. The summed E-state index contributed by atoms with van der Waals surface area (Å²) in [5.41, 5.74) is -1.03. The van der Waals surface area contributed by atoms with Gasteiger partial charge in [-0.2, -0.15) is 13.2 Å². The molecule has 0 radical (unpaired) electrons. The minimum Gasteiger partial charge on any atom is -0.392 e. The number of hydrogen-bond acceptors (Lipinski definition) is 3. The van der Waals surface area contributed by atoms with Gasteiger partial charge in [0.05, 0.1) is 18.7 Å². The van der Waals surface area contributed by atoms with Crippen molar-refractivity contribution in [2.24, 2.45) is 5.92 Å². The highest BCUT2D eigenvalue weighted by atomic mass is 35.5. The van der Waals surface area contributed by atoms with Gasteiger partial charge in [-0.15, -0.1) is 0 Å². The molecule has 3 aromatic rings. The van der Waals surface area contributed by atoms with Crippen LogP contribution in [0.15, 0.2) is 48.5 Å². The van der Waals surface area contributed by atoms with Gasteiger partial charge in [-0.05, 0) is 42.7 Å². The van der Waals surface area contributed by atoms with Crippen LogP contribution in [0, 0.1) is 18.7 Å². The molecular formula is C26H25ClF4N2O3. The van der Waals surface area contributed by atoms with E-state index in [1.54, 1.807) is 30.3 Å². The molecule has 1 aliphatic heterocycles. The Kier molecular flexibility index (Phi) is 7.61. The van der Waals surface area contributed by atoms with E-state index in [0.717, 1.165) is 17.1 Å². The number of carbonyl (C=O) groups excluding carboxylic acids is 1. The number of benzene rings is 2. The Balaban J connectivity index is 1.85. The Morgan fingerprint density at radius 3 is 2.56 bits per heavy atom. The molecule has 2 heterocycles. The second-order valence-corrected chi connectivity index (χ2v) is 9.26. The number of amides is 1. The van der Waals surface area contributed by atoms with E-state index in [1.165, 1.54) is 31.0 Å². The molecule has 10 heteroatoms. The maximum Gasteiger partial charge on any atom is 0.431 e. The molecule has 1 aliphatic rings. The number of aromatic nitrogens is 1. The van der Waals surface area contributed by atoms with Gasteiger partial charge < -0.3 is 18.9 Å². The molecule has 1 saturated heterocycles. The lowest BCUT2D eigenvalue weighted by Crippen LogP contribution is -2.35. The fourth-order valence-electron chi connectivity index (χ4n) is 4.47. The highest BCUT2D eigenvalue weighted by Crippen LogP contribution is 2.46. The number of carbonyl (C=O) groups is 1. The van der Waals surface area contributed by atoms with Crippen LogP contribution in [-0.2, 0) is 17.5 Å². The van der Waals surface area contributed by atoms with Crippen LogP contribution in [0.4, 0.5) is 22.4 Å². The summed E-state index contributed by atoms with van der Waals surface area (Å²) in [6.45, 7) is 2.38. The summed E-state index contributed by atoms with van der Waals surface area (Å²) in [5, 5.41) is 0.0886. The average molecular weight is 525 g/mol. The van der Waals surface area contributed by atoms with Crippen LogP contribution >= 0.6 is 11.6 Å². The van der Waals surface area contributed by atoms with Gasteiger partial charge in [0.15, 0.2) is 0 Å². The average Bonchev–Trinajstić information content (AvgIpc) is 3.41. The van der Waals surface area contributed by atoms with Crippen molar-refractivity contribution in [1.82, 2.24) is 9.47 Å². The fourth-order valence-corrected chi connectivity index (χ4v) is 4.62. The summed E-state index contributed by atoms with van der Waals surface area (Å²) in [7, 11) is 1.51. The number of ether oxygens (including phenoxy) is 2. The quantitative estimate of drug-likeness (QED) is 0.333. The Labute approximate surface area is 211 Å². The molecule has 4 rings (SSSR count). The van der Waals surface area contributed by atoms with Crippen LogP contribution in [0.1, 0.15) is 23.2 Å². The molecule has 1 unspecified atom stereocenters. The second kappa shape index (κ2) is 10.5. The van der Waals surface area contributed by atoms with Gasteiger partial charge in [0.2, 0.25) is 5.88 Å². The zero-order chi connectivity index (χ0) is 26.0.